The molecule has 1 saturated heterocycles. The van der Waals surface area contributed by atoms with Crippen LogP contribution in [-0.4, -0.2) is 36.4 Å². The van der Waals surface area contributed by atoms with Gasteiger partial charge in [-0.15, -0.1) is 0 Å². The standard InChI is InChI=1S/C11H21N3/c1-9(2)11-5-8-14(13-11)10-3-6-12-7-4-10/h9-10,12H,3-8H2,1-2H3. The Morgan fingerprint density at radius 1 is 1.36 bits per heavy atom. The zero-order valence-corrected chi connectivity index (χ0v) is 9.29. The van der Waals surface area contributed by atoms with Crippen LogP contribution in [0, 0.1) is 5.92 Å². The lowest BCUT2D eigenvalue weighted by Crippen LogP contribution is -2.39. The van der Waals surface area contributed by atoms with Crippen molar-refractivity contribution < 1.29 is 0 Å². The van der Waals surface area contributed by atoms with E-state index in [1.54, 1.807) is 0 Å². The van der Waals surface area contributed by atoms with E-state index < -0.39 is 0 Å². The molecule has 2 rings (SSSR count). The normalized spacial score (nSPS) is 24.5. The van der Waals surface area contributed by atoms with Crippen LogP contribution in [0.1, 0.15) is 33.1 Å². The predicted octanol–water partition coefficient (Wildman–Crippen LogP) is 1.46. The van der Waals surface area contributed by atoms with Crippen molar-refractivity contribution in [1.82, 2.24) is 10.3 Å². The highest BCUT2D eigenvalue weighted by Crippen LogP contribution is 2.19. The largest absolute Gasteiger partial charge is 0.317 e. The van der Waals surface area contributed by atoms with E-state index >= 15 is 0 Å². The summed E-state index contributed by atoms with van der Waals surface area (Å²) in [5, 5.41) is 10.5. The SMILES string of the molecule is CC(C)C1=NN(C2CCNCC2)CC1. The zero-order valence-electron chi connectivity index (χ0n) is 9.29. The molecule has 0 bridgehead atoms. The molecule has 2 aliphatic heterocycles. The van der Waals surface area contributed by atoms with Crippen molar-refractivity contribution in [3.63, 3.8) is 0 Å². The number of nitrogens with zero attached hydrogens (tertiary/aromatic N) is 2. The van der Waals surface area contributed by atoms with Crippen LogP contribution >= 0.6 is 0 Å². The molecule has 2 heterocycles. The molecule has 3 heteroatoms. The number of hydrogen-bond donors (Lipinski definition) is 1. The third-order valence-electron chi connectivity index (χ3n) is 3.25. The zero-order chi connectivity index (χ0) is 9.97. The molecule has 0 saturated carbocycles. The Morgan fingerprint density at radius 3 is 2.64 bits per heavy atom. The summed E-state index contributed by atoms with van der Waals surface area (Å²) in [6.45, 7) is 7.95. The number of rotatable bonds is 2. The Balaban J connectivity index is 1.93. The van der Waals surface area contributed by atoms with Crippen molar-refractivity contribution in [2.45, 2.75) is 39.2 Å². The third-order valence-corrected chi connectivity index (χ3v) is 3.25. The number of nitrogens with one attached hydrogen (secondary N) is 1. The van der Waals surface area contributed by atoms with Gasteiger partial charge in [0.15, 0.2) is 0 Å². The highest BCUT2D eigenvalue weighted by atomic mass is 15.5. The quantitative estimate of drug-likeness (QED) is 0.722. The summed E-state index contributed by atoms with van der Waals surface area (Å²) in [5.41, 5.74) is 1.39. The van der Waals surface area contributed by atoms with Crippen LogP contribution in [0.15, 0.2) is 5.10 Å². The fraction of sp³-hybridized carbons (Fsp3) is 0.909. The number of hydrogen-bond acceptors (Lipinski definition) is 3. The molecule has 14 heavy (non-hydrogen) atoms. The van der Waals surface area contributed by atoms with Crippen LogP contribution in [0.3, 0.4) is 0 Å². The first-order chi connectivity index (χ1) is 6.77. The minimum Gasteiger partial charge on any atom is -0.317 e. The Labute approximate surface area is 86.6 Å². The van der Waals surface area contributed by atoms with Crippen molar-refractivity contribution >= 4 is 5.71 Å². The third kappa shape index (κ3) is 2.08. The van der Waals surface area contributed by atoms with Crippen LogP contribution < -0.4 is 5.32 Å². The van der Waals surface area contributed by atoms with Crippen molar-refractivity contribution in [2.75, 3.05) is 19.6 Å². The van der Waals surface area contributed by atoms with Gasteiger partial charge in [-0.25, -0.2) is 0 Å². The average molecular weight is 195 g/mol. The van der Waals surface area contributed by atoms with Crippen molar-refractivity contribution in [3.05, 3.63) is 0 Å². The van der Waals surface area contributed by atoms with Gasteiger partial charge in [-0.2, -0.15) is 5.10 Å². The van der Waals surface area contributed by atoms with Gasteiger partial charge < -0.3 is 5.32 Å². The number of piperidine rings is 1. The van der Waals surface area contributed by atoms with E-state index in [-0.39, 0.29) is 0 Å². The van der Waals surface area contributed by atoms with Gasteiger partial charge in [0.25, 0.3) is 0 Å². The molecule has 0 radical (unpaired) electrons. The molecule has 0 aromatic rings. The summed E-state index contributed by atoms with van der Waals surface area (Å²) in [5.74, 6) is 0.627. The highest BCUT2D eigenvalue weighted by Gasteiger charge is 2.24. The maximum Gasteiger partial charge on any atom is 0.0495 e. The van der Waals surface area contributed by atoms with Gasteiger partial charge in [-0.05, 0) is 31.8 Å². The molecular weight excluding hydrogens is 174 g/mol. The Morgan fingerprint density at radius 2 is 2.07 bits per heavy atom. The minimum absolute atomic E-state index is 0.627. The van der Waals surface area contributed by atoms with Gasteiger partial charge in [0.1, 0.15) is 0 Å². The average Bonchev–Trinajstić information content (AvgIpc) is 2.68. The first kappa shape index (κ1) is 9.97. The van der Waals surface area contributed by atoms with Crippen LogP contribution in [-0.2, 0) is 0 Å². The lowest BCUT2D eigenvalue weighted by molar-refractivity contribution is 0.185. The van der Waals surface area contributed by atoms with E-state index in [9.17, 15) is 0 Å². The van der Waals surface area contributed by atoms with Crippen molar-refractivity contribution in [2.24, 2.45) is 11.0 Å². The van der Waals surface area contributed by atoms with E-state index in [2.05, 4.69) is 24.2 Å². The van der Waals surface area contributed by atoms with Crippen LogP contribution in [0.25, 0.3) is 0 Å². The summed E-state index contributed by atoms with van der Waals surface area (Å²) < 4.78 is 0. The van der Waals surface area contributed by atoms with Crippen molar-refractivity contribution in [3.8, 4) is 0 Å². The van der Waals surface area contributed by atoms with Crippen LogP contribution in [0.5, 0.6) is 0 Å². The Hall–Kier alpha value is -0.570. The molecule has 0 spiro atoms. The van der Waals surface area contributed by atoms with Gasteiger partial charge in [-0.3, -0.25) is 5.01 Å². The molecule has 3 nitrogen and oxygen atoms in total. The topological polar surface area (TPSA) is 27.6 Å². The molecule has 1 N–H and O–H groups in total. The smallest absolute Gasteiger partial charge is 0.0495 e. The molecular formula is C11H21N3. The Kier molecular flexibility index (Phi) is 3.06. The van der Waals surface area contributed by atoms with E-state index in [4.69, 9.17) is 5.10 Å². The van der Waals surface area contributed by atoms with Gasteiger partial charge in [0.2, 0.25) is 0 Å². The molecule has 0 atom stereocenters. The molecule has 0 unspecified atom stereocenters. The molecule has 0 aromatic carbocycles. The summed E-state index contributed by atoms with van der Waals surface area (Å²) in [6, 6.07) is 0.701. The lowest BCUT2D eigenvalue weighted by atomic mass is 10.1. The van der Waals surface area contributed by atoms with Gasteiger partial charge in [0, 0.05) is 24.7 Å². The molecule has 0 amide bonds. The maximum atomic E-state index is 4.73. The monoisotopic (exact) mass is 195 g/mol. The fourth-order valence-corrected chi connectivity index (χ4v) is 2.27. The Bertz CT molecular complexity index is 217. The summed E-state index contributed by atoms with van der Waals surface area (Å²) in [7, 11) is 0. The van der Waals surface area contributed by atoms with Crippen molar-refractivity contribution in [1.29, 1.82) is 0 Å². The van der Waals surface area contributed by atoms with Crippen LogP contribution in [0.4, 0.5) is 0 Å². The maximum absolute atomic E-state index is 4.73. The second-order valence-electron chi connectivity index (χ2n) is 4.64. The number of hydrazone groups is 1. The van der Waals surface area contributed by atoms with E-state index in [0.29, 0.717) is 12.0 Å². The predicted molar refractivity (Wildman–Crippen MR) is 59.5 cm³/mol. The molecule has 80 valence electrons. The van der Waals surface area contributed by atoms with E-state index in [1.165, 1.54) is 25.0 Å². The second kappa shape index (κ2) is 4.30. The van der Waals surface area contributed by atoms with Crippen LogP contribution in [0.2, 0.25) is 0 Å². The van der Waals surface area contributed by atoms with Gasteiger partial charge >= 0.3 is 0 Å². The van der Waals surface area contributed by atoms with E-state index in [0.717, 1.165) is 19.6 Å². The first-order valence-corrected chi connectivity index (χ1v) is 5.82. The fourth-order valence-electron chi connectivity index (χ4n) is 2.27. The minimum atomic E-state index is 0.627. The summed E-state index contributed by atoms with van der Waals surface area (Å²) >= 11 is 0. The molecule has 0 aliphatic carbocycles. The second-order valence-corrected chi connectivity index (χ2v) is 4.64. The molecule has 1 fully saturated rings. The highest BCUT2D eigenvalue weighted by molar-refractivity contribution is 5.87. The first-order valence-electron chi connectivity index (χ1n) is 5.82. The summed E-state index contributed by atoms with van der Waals surface area (Å²) in [6.07, 6.45) is 3.70. The van der Waals surface area contributed by atoms with Gasteiger partial charge in [-0.1, -0.05) is 13.8 Å². The summed E-state index contributed by atoms with van der Waals surface area (Å²) in [4.78, 5) is 0. The van der Waals surface area contributed by atoms with E-state index in [1.807, 2.05) is 0 Å². The molecule has 0 aromatic heterocycles. The van der Waals surface area contributed by atoms with Gasteiger partial charge in [0.05, 0.1) is 0 Å². The molecule has 2 aliphatic rings. The lowest BCUT2D eigenvalue weighted by Gasteiger charge is -2.29.